The maximum atomic E-state index is 12.8. The van der Waals surface area contributed by atoms with Gasteiger partial charge in [0.1, 0.15) is 0 Å². The molecule has 0 radical (unpaired) electrons. The molecule has 0 aromatic heterocycles. The lowest BCUT2D eigenvalue weighted by molar-refractivity contribution is 0.394. The van der Waals surface area contributed by atoms with Crippen molar-refractivity contribution in [3.63, 3.8) is 0 Å². The molecular formula is C15H31NO2S. The smallest absolute Gasteiger partial charge is 0.157 e. The van der Waals surface area contributed by atoms with Crippen LogP contribution in [0.3, 0.4) is 0 Å². The van der Waals surface area contributed by atoms with E-state index in [4.69, 9.17) is 0 Å². The van der Waals surface area contributed by atoms with Gasteiger partial charge >= 0.3 is 0 Å². The Hall–Kier alpha value is -0.0900. The first-order chi connectivity index (χ1) is 8.64. The second-order valence-electron chi connectivity index (χ2n) is 7.26. The highest BCUT2D eigenvalue weighted by Gasteiger charge is 2.36. The molecule has 1 fully saturated rings. The Kier molecular flexibility index (Phi) is 5.87. The summed E-state index contributed by atoms with van der Waals surface area (Å²) >= 11 is 0. The zero-order valence-corrected chi connectivity index (χ0v) is 14.0. The van der Waals surface area contributed by atoms with E-state index in [1.54, 1.807) is 0 Å². The van der Waals surface area contributed by atoms with Crippen molar-refractivity contribution in [1.29, 1.82) is 0 Å². The number of hydrogen-bond acceptors (Lipinski definition) is 3. The van der Waals surface area contributed by atoms with E-state index in [0.717, 1.165) is 25.7 Å². The average molecular weight is 289 g/mol. The Labute approximate surface area is 119 Å². The van der Waals surface area contributed by atoms with Crippen LogP contribution in [0, 0.1) is 5.92 Å². The largest absolute Gasteiger partial charge is 0.311 e. The molecule has 1 rings (SSSR count). The molecule has 0 saturated heterocycles. The SMILES string of the molecule is CC(C)C(CNC(C)(C)C)S(=O)(=O)C1CCCCC1. The summed E-state index contributed by atoms with van der Waals surface area (Å²) in [7, 11) is -3.01. The first-order valence-electron chi connectivity index (χ1n) is 7.62. The zero-order valence-electron chi connectivity index (χ0n) is 13.2. The van der Waals surface area contributed by atoms with Gasteiger partial charge in [-0.15, -0.1) is 0 Å². The van der Waals surface area contributed by atoms with E-state index in [-0.39, 0.29) is 22.0 Å². The molecule has 1 aliphatic rings. The van der Waals surface area contributed by atoms with Crippen LogP contribution >= 0.6 is 0 Å². The van der Waals surface area contributed by atoms with Crippen molar-refractivity contribution in [3.8, 4) is 0 Å². The molecule has 0 aliphatic heterocycles. The highest BCUT2D eigenvalue weighted by molar-refractivity contribution is 7.92. The predicted molar refractivity (Wildman–Crippen MR) is 82.2 cm³/mol. The van der Waals surface area contributed by atoms with E-state index in [2.05, 4.69) is 26.1 Å². The molecule has 0 aromatic rings. The fraction of sp³-hybridized carbons (Fsp3) is 1.00. The minimum Gasteiger partial charge on any atom is -0.311 e. The van der Waals surface area contributed by atoms with Crippen molar-refractivity contribution in [2.75, 3.05) is 6.54 Å². The summed E-state index contributed by atoms with van der Waals surface area (Å²) in [4.78, 5) is 0. The van der Waals surface area contributed by atoms with Gasteiger partial charge in [-0.2, -0.15) is 0 Å². The van der Waals surface area contributed by atoms with Crippen LogP contribution in [0.25, 0.3) is 0 Å². The van der Waals surface area contributed by atoms with Gasteiger partial charge in [-0.05, 0) is 39.5 Å². The van der Waals surface area contributed by atoms with E-state index in [9.17, 15) is 8.42 Å². The van der Waals surface area contributed by atoms with Gasteiger partial charge in [-0.3, -0.25) is 0 Å². The lowest BCUT2D eigenvalue weighted by Crippen LogP contribution is -2.47. The van der Waals surface area contributed by atoms with Crippen molar-refractivity contribution in [3.05, 3.63) is 0 Å². The molecule has 0 spiro atoms. The monoisotopic (exact) mass is 289 g/mol. The Bertz CT molecular complexity index is 362. The van der Waals surface area contributed by atoms with Crippen LogP contribution in [-0.2, 0) is 9.84 Å². The van der Waals surface area contributed by atoms with Crippen molar-refractivity contribution < 1.29 is 8.42 Å². The van der Waals surface area contributed by atoms with Gasteiger partial charge in [0.25, 0.3) is 0 Å². The molecule has 0 heterocycles. The highest BCUT2D eigenvalue weighted by atomic mass is 32.2. The third kappa shape index (κ3) is 5.07. The average Bonchev–Trinajstić information content (AvgIpc) is 2.28. The Morgan fingerprint density at radius 3 is 2.05 bits per heavy atom. The molecule has 1 saturated carbocycles. The van der Waals surface area contributed by atoms with Crippen LogP contribution in [0.15, 0.2) is 0 Å². The zero-order chi connectivity index (χ0) is 14.7. The van der Waals surface area contributed by atoms with Crippen molar-refractivity contribution in [1.82, 2.24) is 5.32 Å². The number of nitrogens with one attached hydrogen (secondary N) is 1. The number of sulfone groups is 1. The molecule has 1 N–H and O–H groups in total. The van der Waals surface area contributed by atoms with Gasteiger partial charge in [-0.1, -0.05) is 33.1 Å². The molecule has 3 nitrogen and oxygen atoms in total. The lowest BCUT2D eigenvalue weighted by Gasteiger charge is -2.31. The third-order valence-corrected chi connectivity index (χ3v) is 6.97. The molecule has 0 bridgehead atoms. The molecular weight excluding hydrogens is 258 g/mol. The maximum absolute atomic E-state index is 12.8. The van der Waals surface area contributed by atoms with E-state index in [1.165, 1.54) is 6.42 Å². The molecule has 19 heavy (non-hydrogen) atoms. The number of hydrogen-bond donors (Lipinski definition) is 1. The highest BCUT2D eigenvalue weighted by Crippen LogP contribution is 2.28. The van der Waals surface area contributed by atoms with E-state index >= 15 is 0 Å². The Morgan fingerprint density at radius 2 is 1.63 bits per heavy atom. The molecule has 114 valence electrons. The second-order valence-corrected chi connectivity index (χ2v) is 9.71. The van der Waals surface area contributed by atoms with Gasteiger partial charge in [0.15, 0.2) is 9.84 Å². The molecule has 1 unspecified atom stereocenters. The Morgan fingerprint density at radius 1 is 1.11 bits per heavy atom. The van der Waals surface area contributed by atoms with Gasteiger partial charge in [0, 0.05) is 12.1 Å². The summed E-state index contributed by atoms with van der Waals surface area (Å²) < 4.78 is 25.6. The minimum absolute atomic E-state index is 0.0325. The number of rotatable bonds is 5. The predicted octanol–water partition coefficient (Wildman–Crippen LogP) is 3.15. The van der Waals surface area contributed by atoms with Crippen LogP contribution in [0.2, 0.25) is 0 Å². The molecule has 1 atom stereocenters. The summed E-state index contributed by atoms with van der Waals surface area (Å²) in [5.41, 5.74) is -0.0325. The fourth-order valence-corrected chi connectivity index (χ4v) is 5.34. The summed E-state index contributed by atoms with van der Waals surface area (Å²) in [6.45, 7) is 10.9. The van der Waals surface area contributed by atoms with Crippen LogP contribution in [0.5, 0.6) is 0 Å². The minimum atomic E-state index is -3.01. The fourth-order valence-electron chi connectivity index (χ4n) is 2.78. The third-order valence-electron chi connectivity index (χ3n) is 4.02. The molecule has 0 amide bonds. The van der Waals surface area contributed by atoms with Crippen molar-refractivity contribution in [2.45, 2.75) is 82.8 Å². The topological polar surface area (TPSA) is 46.2 Å². The van der Waals surface area contributed by atoms with Crippen LogP contribution < -0.4 is 5.32 Å². The van der Waals surface area contributed by atoms with Crippen LogP contribution in [0.4, 0.5) is 0 Å². The standard InChI is InChI=1S/C15H31NO2S/c1-12(2)14(11-16-15(3,4)5)19(17,18)13-9-7-6-8-10-13/h12-14,16H,6-11H2,1-5H3. The van der Waals surface area contributed by atoms with Crippen molar-refractivity contribution in [2.24, 2.45) is 5.92 Å². The normalized spacial score (nSPS) is 20.7. The van der Waals surface area contributed by atoms with Gasteiger partial charge in [-0.25, -0.2) is 8.42 Å². The molecule has 4 heteroatoms. The van der Waals surface area contributed by atoms with Gasteiger partial charge in [0.2, 0.25) is 0 Å². The van der Waals surface area contributed by atoms with Gasteiger partial charge in [0.05, 0.1) is 10.5 Å². The van der Waals surface area contributed by atoms with Crippen molar-refractivity contribution >= 4 is 9.84 Å². The summed E-state index contributed by atoms with van der Waals surface area (Å²) in [6.07, 6.45) is 5.06. The summed E-state index contributed by atoms with van der Waals surface area (Å²) in [5, 5.41) is 3.01. The van der Waals surface area contributed by atoms with Gasteiger partial charge < -0.3 is 5.32 Å². The first-order valence-corrected chi connectivity index (χ1v) is 9.23. The van der Waals surface area contributed by atoms with E-state index < -0.39 is 9.84 Å². The van der Waals surface area contributed by atoms with E-state index in [0.29, 0.717) is 6.54 Å². The lowest BCUT2D eigenvalue weighted by atomic mass is 10.0. The molecule has 0 aromatic carbocycles. The molecule has 1 aliphatic carbocycles. The second kappa shape index (κ2) is 6.57. The quantitative estimate of drug-likeness (QED) is 0.845. The van der Waals surface area contributed by atoms with Crippen LogP contribution in [-0.4, -0.2) is 31.0 Å². The first kappa shape index (κ1) is 17.0. The summed E-state index contributed by atoms with van der Waals surface area (Å²) in [5.74, 6) is 0.168. The summed E-state index contributed by atoms with van der Waals surface area (Å²) in [6, 6.07) is 0. The Balaban J connectivity index is 2.78. The van der Waals surface area contributed by atoms with Crippen LogP contribution in [0.1, 0.15) is 66.7 Å². The van der Waals surface area contributed by atoms with E-state index in [1.807, 2.05) is 13.8 Å². The maximum Gasteiger partial charge on any atom is 0.157 e.